The Labute approximate surface area is 145 Å². The Morgan fingerprint density at radius 3 is 2.77 bits per heavy atom. The maximum atomic E-state index is 14.5. The van der Waals surface area contributed by atoms with Gasteiger partial charge in [0.1, 0.15) is 12.0 Å². The van der Waals surface area contributed by atoms with E-state index in [9.17, 15) is 13.2 Å². The SMILES string of the molecule is Fc1ccc(-c2nn3c(c2-c2cccn4ncnc24)CCC3)c(F)c1F. The standard InChI is InChI=1S/C18H12F3N5/c19-12-6-5-11(15(20)16(12)21)17-14(13-4-2-7-25(13)24-17)10-3-1-8-26-18(10)22-9-23-26/h1,3,5-6,8-9H,2,4,7H2. The molecule has 5 nitrogen and oxygen atoms in total. The smallest absolute Gasteiger partial charge is 0.195 e. The summed E-state index contributed by atoms with van der Waals surface area (Å²) in [5.74, 6) is -3.96. The zero-order valence-electron chi connectivity index (χ0n) is 13.5. The van der Waals surface area contributed by atoms with E-state index in [-0.39, 0.29) is 11.3 Å². The van der Waals surface area contributed by atoms with Gasteiger partial charge in [-0.25, -0.2) is 22.7 Å². The number of hydrogen-bond donors (Lipinski definition) is 0. The van der Waals surface area contributed by atoms with Gasteiger partial charge < -0.3 is 0 Å². The fraction of sp³-hybridized carbons (Fsp3) is 0.167. The summed E-state index contributed by atoms with van der Waals surface area (Å²) in [5, 5.41) is 8.61. The average molecular weight is 355 g/mol. The van der Waals surface area contributed by atoms with Gasteiger partial charge in [-0.3, -0.25) is 4.68 Å². The zero-order valence-corrected chi connectivity index (χ0v) is 13.5. The van der Waals surface area contributed by atoms with Gasteiger partial charge in [-0.05, 0) is 37.1 Å². The van der Waals surface area contributed by atoms with Gasteiger partial charge in [0, 0.05) is 35.1 Å². The molecule has 5 rings (SSSR count). The molecule has 0 bridgehead atoms. The quantitative estimate of drug-likeness (QED) is 0.516. The van der Waals surface area contributed by atoms with Gasteiger partial charge in [0.05, 0.1) is 0 Å². The van der Waals surface area contributed by atoms with Crippen LogP contribution in [0.1, 0.15) is 12.1 Å². The van der Waals surface area contributed by atoms with Crippen molar-refractivity contribution in [2.24, 2.45) is 0 Å². The van der Waals surface area contributed by atoms with Crippen LogP contribution in [0.15, 0.2) is 36.8 Å². The molecule has 0 fully saturated rings. The minimum Gasteiger partial charge on any atom is -0.268 e. The molecular formula is C18H12F3N5. The lowest BCUT2D eigenvalue weighted by Crippen LogP contribution is -1.98. The van der Waals surface area contributed by atoms with Crippen molar-refractivity contribution in [3.63, 3.8) is 0 Å². The van der Waals surface area contributed by atoms with Crippen molar-refractivity contribution in [3.05, 3.63) is 59.9 Å². The molecular weight excluding hydrogens is 343 g/mol. The van der Waals surface area contributed by atoms with Crippen molar-refractivity contribution in [1.29, 1.82) is 0 Å². The molecule has 4 aromatic rings. The van der Waals surface area contributed by atoms with Crippen LogP contribution in [0.25, 0.3) is 28.0 Å². The number of aryl methyl sites for hydroxylation is 1. The second kappa shape index (κ2) is 5.42. The third-order valence-electron chi connectivity index (χ3n) is 4.70. The first kappa shape index (κ1) is 15.1. The number of hydrogen-bond acceptors (Lipinski definition) is 3. The first-order valence-electron chi connectivity index (χ1n) is 8.17. The van der Waals surface area contributed by atoms with Crippen LogP contribution in [-0.4, -0.2) is 24.4 Å². The Hall–Kier alpha value is -3.16. The van der Waals surface area contributed by atoms with Crippen molar-refractivity contribution in [3.8, 4) is 22.4 Å². The highest BCUT2D eigenvalue weighted by Gasteiger charge is 2.28. The largest absolute Gasteiger partial charge is 0.268 e. The number of halogens is 3. The van der Waals surface area contributed by atoms with Gasteiger partial charge in [0.25, 0.3) is 0 Å². The number of pyridine rings is 1. The van der Waals surface area contributed by atoms with Crippen LogP contribution in [0, 0.1) is 17.5 Å². The van der Waals surface area contributed by atoms with E-state index < -0.39 is 17.5 Å². The van der Waals surface area contributed by atoms with Crippen molar-refractivity contribution >= 4 is 5.65 Å². The van der Waals surface area contributed by atoms with Gasteiger partial charge >= 0.3 is 0 Å². The molecule has 0 aliphatic carbocycles. The Bertz CT molecular complexity index is 1160. The van der Waals surface area contributed by atoms with Crippen LogP contribution in [0.5, 0.6) is 0 Å². The molecule has 3 aromatic heterocycles. The molecule has 1 aliphatic heterocycles. The zero-order chi connectivity index (χ0) is 17.8. The van der Waals surface area contributed by atoms with E-state index in [0.717, 1.165) is 30.2 Å². The van der Waals surface area contributed by atoms with E-state index in [0.29, 0.717) is 17.8 Å². The average Bonchev–Trinajstić information content (AvgIpc) is 3.34. The van der Waals surface area contributed by atoms with E-state index in [4.69, 9.17) is 0 Å². The molecule has 4 heterocycles. The number of fused-ring (bicyclic) bond motifs is 2. The van der Waals surface area contributed by atoms with Crippen LogP contribution < -0.4 is 0 Å². The van der Waals surface area contributed by atoms with Gasteiger partial charge in [0.2, 0.25) is 0 Å². The van der Waals surface area contributed by atoms with Crippen molar-refractivity contribution in [2.75, 3.05) is 0 Å². The third-order valence-corrected chi connectivity index (χ3v) is 4.70. The van der Waals surface area contributed by atoms with Crippen LogP contribution in [0.4, 0.5) is 13.2 Å². The van der Waals surface area contributed by atoms with E-state index >= 15 is 0 Å². The van der Waals surface area contributed by atoms with E-state index in [1.165, 1.54) is 12.4 Å². The summed E-state index contributed by atoms with van der Waals surface area (Å²) in [6.07, 6.45) is 4.88. The minimum atomic E-state index is -1.50. The first-order chi connectivity index (χ1) is 12.6. The molecule has 8 heteroatoms. The molecule has 0 unspecified atom stereocenters. The molecule has 26 heavy (non-hydrogen) atoms. The molecule has 0 saturated carbocycles. The normalized spacial score (nSPS) is 13.5. The van der Waals surface area contributed by atoms with Crippen LogP contribution >= 0.6 is 0 Å². The Morgan fingerprint density at radius 2 is 1.88 bits per heavy atom. The molecule has 130 valence electrons. The van der Waals surface area contributed by atoms with Crippen LogP contribution in [0.2, 0.25) is 0 Å². The number of rotatable bonds is 2. The molecule has 0 amide bonds. The summed E-state index contributed by atoms with van der Waals surface area (Å²) in [4.78, 5) is 4.28. The number of aromatic nitrogens is 5. The van der Waals surface area contributed by atoms with Crippen LogP contribution in [-0.2, 0) is 13.0 Å². The number of nitrogens with zero attached hydrogens (tertiary/aromatic N) is 5. The lowest BCUT2D eigenvalue weighted by molar-refractivity contribution is 0.448. The summed E-state index contributed by atoms with van der Waals surface area (Å²) < 4.78 is 45.0. The summed E-state index contributed by atoms with van der Waals surface area (Å²) in [5.41, 5.74) is 3.16. The highest BCUT2D eigenvalue weighted by molar-refractivity contribution is 5.89. The maximum Gasteiger partial charge on any atom is 0.195 e. The van der Waals surface area contributed by atoms with Crippen molar-refractivity contribution in [2.45, 2.75) is 19.4 Å². The lowest BCUT2D eigenvalue weighted by atomic mass is 9.98. The van der Waals surface area contributed by atoms with E-state index in [2.05, 4.69) is 15.2 Å². The second-order valence-electron chi connectivity index (χ2n) is 6.17. The van der Waals surface area contributed by atoms with Gasteiger partial charge in [-0.2, -0.15) is 10.2 Å². The Balaban J connectivity index is 1.84. The Kier molecular flexibility index (Phi) is 3.15. The summed E-state index contributed by atoms with van der Waals surface area (Å²) in [6, 6.07) is 5.79. The summed E-state index contributed by atoms with van der Waals surface area (Å²) >= 11 is 0. The Morgan fingerprint density at radius 1 is 1.00 bits per heavy atom. The maximum absolute atomic E-state index is 14.5. The number of benzene rings is 1. The topological polar surface area (TPSA) is 48.0 Å². The molecule has 0 radical (unpaired) electrons. The highest BCUT2D eigenvalue weighted by atomic mass is 19.2. The molecule has 0 spiro atoms. The summed E-state index contributed by atoms with van der Waals surface area (Å²) in [6.45, 7) is 0.698. The van der Waals surface area contributed by atoms with E-state index in [1.54, 1.807) is 21.5 Å². The molecule has 1 aromatic carbocycles. The van der Waals surface area contributed by atoms with Crippen molar-refractivity contribution < 1.29 is 13.2 Å². The molecule has 0 saturated heterocycles. The predicted octanol–water partition coefficient (Wildman–Crippen LogP) is 3.62. The minimum absolute atomic E-state index is 0.0673. The monoisotopic (exact) mass is 355 g/mol. The van der Waals surface area contributed by atoms with Gasteiger partial charge in [-0.15, -0.1) is 0 Å². The van der Waals surface area contributed by atoms with Crippen molar-refractivity contribution in [1.82, 2.24) is 24.4 Å². The third kappa shape index (κ3) is 2.01. The lowest BCUT2D eigenvalue weighted by Gasteiger charge is -2.08. The molecule has 0 atom stereocenters. The summed E-state index contributed by atoms with van der Waals surface area (Å²) in [7, 11) is 0. The van der Waals surface area contributed by atoms with Gasteiger partial charge in [0.15, 0.2) is 23.1 Å². The van der Waals surface area contributed by atoms with Gasteiger partial charge in [-0.1, -0.05) is 0 Å². The predicted molar refractivity (Wildman–Crippen MR) is 87.8 cm³/mol. The van der Waals surface area contributed by atoms with E-state index in [1.807, 2.05) is 6.07 Å². The fourth-order valence-corrected chi connectivity index (χ4v) is 3.55. The highest BCUT2D eigenvalue weighted by Crippen LogP contribution is 2.40. The fourth-order valence-electron chi connectivity index (χ4n) is 3.55. The molecule has 1 aliphatic rings. The molecule has 0 N–H and O–H groups in total. The first-order valence-corrected chi connectivity index (χ1v) is 8.17. The van der Waals surface area contributed by atoms with Crippen LogP contribution in [0.3, 0.4) is 0 Å². The second-order valence-corrected chi connectivity index (χ2v) is 6.17.